The largest absolute Gasteiger partial charge is 0.467 e. The van der Waals surface area contributed by atoms with Crippen LogP contribution in [0.5, 0.6) is 0 Å². The monoisotopic (exact) mass is 749 g/mol. The summed E-state index contributed by atoms with van der Waals surface area (Å²) in [5.41, 5.74) is 5.69. The van der Waals surface area contributed by atoms with Gasteiger partial charge in [0.25, 0.3) is 0 Å². The summed E-state index contributed by atoms with van der Waals surface area (Å²) >= 11 is 3.61. The molecule has 2 aromatic heterocycles. The third kappa shape index (κ3) is 9.33. The number of hydrogen-bond acceptors (Lipinski definition) is 8. The van der Waals surface area contributed by atoms with Gasteiger partial charge in [-0.05, 0) is 90.1 Å². The summed E-state index contributed by atoms with van der Waals surface area (Å²) in [4.78, 5) is 20.9. The van der Waals surface area contributed by atoms with E-state index in [1.165, 1.54) is 7.11 Å². The Morgan fingerprint density at radius 2 is 1.74 bits per heavy atom. The Labute approximate surface area is 305 Å². The van der Waals surface area contributed by atoms with Crippen LogP contribution in [0.15, 0.2) is 65.3 Å². The molecule has 0 aliphatic carbocycles. The molecule has 3 heterocycles. The predicted molar refractivity (Wildman–Crippen MR) is 201 cm³/mol. The minimum atomic E-state index is -0.921. The van der Waals surface area contributed by atoms with Gasteiger partial charge in [-0.25, -0.2) is 9.78 Å². The number of pyridine rings is 1. The number of aromatic nitrogens is 2. The van der Waals surface area contributed by atoms with Crippen molar-refractivity contribution in [1.29, 1.82) is 0 Å². The molecule has 5 rings (SSSR count). The van der Waals surface area contributed by atoms with Crippen molar-refractivity contribution >= 4 is 33.4 Å². The van der Waals surface area contributed by atoms with E-state index in [2.05, 4.69) is 69.5 Å². The number of benzene rings is 2. The van der Waals surface area contributed by atoms with E-state index >= 15 is 0 Å². The number of aryl methyl sites for hydroxylation is 1. The molecule has 1 fully saturated rings. The van der Waals surface area contributed by atoms with Crippen molar-refractivity contribution in [3.05, 3.63) is 87.5 Å². The highest BCUT2D eigenvalue weighted by atomic mass is 79.9. The number of carbonyl (C=O) groups is 1. The van der Waals surface area contributed by atoms with Gasteiger partial charge in [-0.2, -0.15) is 0 Å². The van der Waals surface area contributed by atoms with Crippen molar-refractivity contribution in [2.24, 2.45) is 0 Å². The van der Waals surface area contributed by atoms with Crippen LogP contribution in [-0.4, -0.2) is 72.7 Å². The molecule has 9 nitrogen and oxygen atoms in total. The van der Waals surface area contributed by atoms with Crippen molar-refractivity contribution < 1.29 is 28.5 Å². The quantitative estimate of drug-likeness (QED) is 0.0939. The lowest BCUT2D eigenvalue weighted by Crippen LogP contribution is -2.46. The molecule has 1 aliphatic rings. The zero-order valence-corrected chi connectivity index (χ0v) is 32.3. The number of halogens is 1. The lowest BCUT2D eigenvalue weighted by atomic mass is 9.92. The lowest BCUT2D eigenvalue weighted by molar-refractivity contribution is -0.164. The first-order valence-corrected chi connectivity index (χ1v) is 18.2. The number of fused-ring (bicyclic) bond motifs is 1. The van der Waals surface area contributed by atoms with Crippen LogP contribution in [0.3, 0.4) is 0 Å². The number of ether oxygens (including phenoxy) is 5. The minimum absolute atomic E-state index is 0.0128. The third-order valence-electron chi connectivity index (χ3n) is 9.27. The Bertz CT molecular complexity index is 1740. The molecule has 0 spiro atoms. The Balaban J connectivity index is 1.34. The van der Waals surface area contributed by atoms with Gasteiger partial charge in [0.15, 0.2) is 6.10 Å². The normalized spacial score (nSPS) is 16.1. The topological polar surface area (TPSA) is 83.8 Å². The Hall–Kier alpha value is -3.28. The molecule has 0 unspecified atom stereocenters. The first-order valence-electron chi connectivity index (χ1n) is 17.4. The summed E-state index contributed by atoms with van der Waals surface area (Å²) in [5.74, 6) is 0.465. The molecule has 0 saturated carbocycles. The Morgan fingerprint density at radius 3 is 2.40 bits per heavy atom. The average molecular weight is 751 g/mol. The predicted octanol–water partition coefficient (Wildman–Crippen LogP) is 8.41. The van der Waals surface area contributed by atoms with E-state index in [0.717, 1.165) is 75.4 Å². The zero-order chi connectivity index (χ0) is 36.1. The fourth-order valence-corrected chi connectivity index (χ4v) is 6.77. The van der Waals surface area contributed by atoms with Crippen LogP contribution in [0, 0.1) is 13.8 Å². The van der Waals surface area contributed by atoms with E-state index < -0.39 is 17.7 Å². The second kappa shape index (κ2) is 16.4. The van der Waals surface area contributed by atoms with Crippen LogP contribution in [0.1, 0.15) is 75.8 Å². The molecule has 0 bridgehead atoms. The SMILES string of the molecule is COC(=O)[C@@H](OC(C)(C)C)c1c(C)c(C)c2nc(-c3cccc(Br)c3)cn2c1N1CCC(C)(OCCOC[C@H](C)OCc2ccccc2)CC1. The van der Waals surface area contributed by atoms with Crippen LogP contribution in [-0.2, 0) is 35.1 Å². The molecule has 50 heavy (non-hydrogen) atoms. The van der Waals surface area contributed by atoms with Crippen molar-refractivity contribution in [1.82, 2.24) is 9.38 Å². The lowest BCUT2D eigenvalue weighted by Gasteiger charge is -2.42. The molecule has 2 atom stereocenters. The number of carbonyl (C=O) groups excluding carboxylic acids is 1. The maximum Gasteiger partial charge on any atom is 0.339 e. The standard InChI is InChI=1S/C40H52BrN3O6/c1-27(48-26-30-13-10-9-11-14-30)25-47-21-22-49-40(7)17-19-43(20-18-40)37-34(35(38(45)46-8)50-39(4,5)6)28(2)29(3)36-42-33(24-44(36)37)31-15-12-16-32(41)23-31/h9-16,23-24,27,35H,17-22,25-26H2,1-8H3/t27-,35-/m0/s1. The second-order valence-electron chi connectivity index (χ2n) is 14.4. The molecule has 1 aliphatic heterocycles. The highest BCUT2D eigenvalue weighted by Crippen LogP contribution is 2.41. The highest BCUT2D eigenvalue weighted by molar-refractivity contribution is 9.10. The smallest absolute Gasteiger partial charge is 0.339 e. The van der Waals surface area contributed by atoms with Gasteiger partial charge in [0.1, 0.15) is 11.5 Å². The molecule has 2 aromatic carbocycles. The van der Waals surface area contributed by atoms with Crippen LogP contribution in [0.25, 0.3) is 16.9 Å². The Morgan fingerprint density at radius 1 is 1.02 bits per heavy atom. The van der Waals surface area contributed by atoms with Gasteiger partial charge < -0.3 is 28.6 Å². The zero-order valence-electron chi connectivity index (χ0n) is 30.8. The van der Waals surface area contributed by atoms with Crippen molar-refractivity contribution in [3.8, 4) is 11.3 Å². The second-order valence-corrected chi connectivity index (χ2v) is 15.3. The van der Waals surface area contributed by atoms with Gasteiger partial charge in [-0.3, -0.25) is 4.40 Å². The van der Waals surface area contributed by atoms with E-state index in [-0.39, 0.29) is 11.7 Å². The summed E-state index contributed by atoms with van der Waals surface area (Å²) in [6, 6.07) is 18.3. The van der Waals surface area contributed by atoms with Gasteiger partial charge >= 0.3 is 5.97 Å². The van der Waals surface area contributed by atoms with E-state index in [1.807, 2.05) is 65.0 Å². The van der Waals surface area contributed by atoms with E-state index in [4.69, 9.17) is 28.7 Å². The summed E-state index contributed by atoms with van der Waals surface area (Å²) in [6.45, 7) is 17.7. The van der Waals surface area contributed by atoms with Gasteiger partial charge in [0, 0.05) is 34.9 Å². The minimum Gasteiger partial charge on any atom is -0.467 e. The van der Waals surface area contributed by atoms with Gasteiger partial charge in [0.2, 0.25) is 0 Å². The number of imidazole rings is 1. The summed E-state index contributed by atoms with van der Waals surface area (Å²) < 4.78 is 33.2. The van der Waals surface area contributed by atoms with Crippen LogP contribution >= 0.6 is 15.9 Å². The average Bonchev–Trinajstić information content (AvgIpc) is 3.54. The first kappa shape index (κ1) is 38.0. The van der Waals surface area contributed by atoms with E-state index in [0.29, 0.717) is 26.4 Å². The fourth-order valence-electron chi connectivity index (χ4n) is 6.38. The molecule has 0 N–H and O–H groups in total. The maximum atomic E-state index is 13.5. The highest BCUT2D eigenvalue weighted by Gasteiger charge is 2.38. The summed E-state index contributed by atoms with van der Waals surface area (Å²) in [6.07, 6.45) is 2.73. The van der Waals surface area contributed by atoms with Crippen molar-refractivity contribution in [2.75, 3.05) is 44.9 Å². The Kier molecular flexibility index (Phi) is 12.4. The number of piperidine rings is 1. The van der Waals surface area contributed by atoms with Crippen LogP contribution in [0.2, 0.25) is 0 Å². The fraction of sp³-hybridized carbons (Fsp3) is 0.500. The number of anilines is 1. The maximum absolute atomic E-state index is 13.5. The molecular weight excluding hydrogens is 698 g/mol. The summed E-state index contributed by atoms with van der Waals surface area (Å²) in [5, 5.41) is 0. The number of rotatable bonds is 14. The van der Waals surface area contributed by atoms with E-state index in [9.17, 15) is 4.79 Å². The van der Waals surface area contributed by atoms with Gasteiger partial charge in [-0.15, -0.1) is 0 Å². The molecule has 270 valence electrons. The molecule has 4 aromatic rings. The molecule has 1 saturated heterocycles. The number of nitrogens with zero attached hydrogens (tertiary/aromatic N) is 3. The van der Waals surface area contributed by atoms with Crippen LogP contribution in [0.4, 0.5) is 5.82 Å². The van der Waals surface area contributed by atoms with Crippen LogP contribution < -0.4 is 4.90 Å². The first-order chi connectivity index (χ1) is 23.8. The number of esters is 1. The number of hydrogen-bond donors (Lipinski definition) is 0. The summed E-state index contributed by atoms with van der Waals surface area (Å²) in [7, 11) is 1.41. The van der Waals surface area contributed by atoms with Crippen molar-refractivity contribution in [2.45, 2.75) is 91.3 Å². The molecule has 0 amide bonds. The molecule has 10 heteroatoms. The molecular formula is C40H52BrN3O6. The third-order valence-corrected chi connectivity index (χ3v) is 9.77. The number of methoxy groups -OCH3 is 1. The van der Waals surface area contributed by atoms with Gasteiger partial charge in [0.05, 0.1) is 56.5 Å². The van der Waals surface area contributed by atoms with Gasteiger partial charge in [-0.1, -0.05) is 58.4 Å². The van der Waals surface area contributed by atoms with Crippen molar-refractivity contribution in [3.63, 3.8) is 0 Å². The van der Waals surface area contributed by atoms with E-state index in [1.54, 1.807) is 0 Å². The molecule has 0 radical (unpaired) electrons.